The van der Waals surface area contributed by atoms with Crippen LogP contribution in [0.5, 0.6) is 0 Å². The second-order valence-corrected chi connectivity index (χ2v) is 5.15. The molecule has 0 bridgehead atoms. The Morgan fingerprint density at radius 3 is 3.11 bits per heavy atom. The van der Waals surface area contributed by atoms with Crippen LogP contribution in [-0.4, -0.2) is 62.8 Å². The number of rotatable bonds is 5. The second kappa shape index (κ2) is 7.71. The largest absolute Gasteiger partial charge is 0.378 e. The number of ether oxygens (including phenoxy) is 1. The summed E-state index contributed by atoms with van der Waals surface area (Å²) in [4.78, 5) is 14.0. The van der Waals surface area contributed by atoms with E-state index in [1.807, 2.05) is 0 Å². The Hall–Kier alpha value is -0.650. The molecule has 2 saturated heterocycles. The molecule has 0 saturated carbocycles. The Labute approximate surface area is 109 Å². The van der Waals surface area contributed by atoms with Crippen molar-refractivity contribution in [3.63, 3.8) is 0 Å². The predicted molar refractivity (Wildman–Crippen MR) is 70.5 cm³/mol. The first kappa shape index (κ1) is 13.8. The van der Waals surface area contributed by atoms with Crippen molar-refractivity contribution in [3.8, 4) is 0 Å². The van der Waals surface area contributed by atoms with Crippen molar-refractivity contribution < 1.29 is 9.53 Å². The zero-order valence-corrected chi connectivity index (χ0v) is 11.1. The monoisotopic (exact) mass is 255 g/mol. The molecular formula is C13H25N3O2. The molecule has 1 amide bonds. The van der Waals surface area contributed by atoms with Gasteiger partial charge in [-0.2, -0.15) is 0 Å². The normalized spacial score (nSPS) is 25.9. The van der Waals surface area contributed by atoms with Crippen molar-refractivity contribution in [2.24, 2.45) is 0 Å². The third-order valence-electron chi connectivity index (χ3n) is 3.61. The summed E-state index contributed by atoms with van der Waals surface area (Å²) < 4.78 is 5.53. The van der Waals surface area contributed by atoms with Crippen LogP contribution in [0.1, 0.15) is 25.7 Å². The Bertz CT molecular complexity index is 247. The summed E-state index contributed by atoms with van der Waals surface area (Å²) in [7, 11) is 0. The molecule has 0 aromatic carbocycles. The Morgan fingerprint density at radius 2 is 2.28 bits per heavy atom. The lowest BCUT2D eigenvalue weighted by Gasteiger charge is -2.19. The zero-order chi connectivity index (χ0) is 12.6. The van der Waals surface area contributed by atoms with E-state index in [4.69, 9.17) is 4.74 Å². The number of hydrogen-bond acceptors (Lipinski definition) is 4. The molecule has 1 atom stereocenters. The topological polar surface area (TPSA) is 53.6 Å². The van der Waals surface area contributed by atoms with Crippen LogP contribution in [0.25, 0.3) is 0 Å². The number of amides is 1. The lowest BCUT2D eigenvalue weighted by molar-refractivity contribution is -0.122. The zero-order valence-electron chi connectivity index (χ0n) is 11.1. The Morgan fingerprint density at radius 1 is 1.33 bits per heavy atom. The maximum absolute atomic E-state index is 11.8. The SMILES string of the molecule is O=C(CN1CCCNCC1)NCCC1CCCO1. The molecule has 0 aromatic rings. The molecular weight excluding hydrogens is 230 g/mol. The van der Waals surface area contributed by atoms with E-state index in [2.05, 4.69) is 15.5 Å². The van der Waals surface area contributed by atoms with E-state index in [1.54, 1.807) is 0 Å². The van der Waals surface area contributed by atoms with Gasteiger partial charge in [0.25, 0.3) is 0 Å². The molecule has 2 aliphatic rings. The van der Waals surface area contributed by atoms with Crippen LogP contribution >= 0.6 is 0 Å². The van der Waals surface area contributed by atoms with Crippen LogP contribution < -0.4 is 10.6 Å². The average Bonchev–Trinajstić information content (AvgIpc) is 2.74. The first-order valence-electron chi connectivity index (χ1n) is 7.16. The minimum atomic E-state index is 0.148. The quantitative estimate of drug-likeness (QED) is 0.724. The maximum atomic E-state index is 11.8. The van der Waals surface area contributed by atoms with Gasteiger partial charge in [0, 0.05) is 26.2 Å². The minimum absolute atomic E-state index is 0.148. The van der Waals surface area contributed by atoms with Crippen molar-refractivity contribution in [3.05, 3.63) is 0 Å². The number of nitrogens with zero attached hydrogens (tertiary/aromatic N) is 1. The van der Waals surface area contributed by atoms with Gasteiger partial charge in [0.05, 0.1) is 12.6 Å². The van der Waals surface area contributed by atoms with E-state index >= 15 is 0 Å². The molecule has 18 heavy (non-hydrogen) atoms. The summed E-state index contributed by atoms with van der Waals surface area (Å²) in [5.74, 6) is 0.148. The predicted octanol–water partition coefficient (Wildman–Crippen LogP) is -0.0330. The standard InChI is InChI=1S/C13H25N3O2/c17-13(11-16-8-2-5-14-7-9-16)15-6-4-12-3-1-10-18-12/h12,14H,1-11H2,(H,15,17). The Balaban J connectivity index is 1.56. The number of carbonyl (C=O) groups is 1. The summed E-state index contributed by atoms with van der Waals surface area (Å²) in [6.45, 7) is 6.22. The third-order valence-corrected chi connectivity index (χ3v) is 3.61. The van der Waals surface area contributed by atoms with Crippen molar-refractivity contribution in [1.82, 2.24) is 15.5 Å². The second-order valence-electron chi connectivity index (χ2n) is 5.15. The summed E-state index contributed by atoms with van der Waals surface area (Å²) in [5, 5.41) is 6.34. The van der Waals surface area contributed by atoms with E-state index in [-0.39, 0.29) is 5.91 Å². The fourth-order valence-electron chi connectivity index (χ4n) is 2.56. The van der Waals surface area contributed by atoms with Crippen LogP contribution in [0.2, 0.25) is 0 Å². The number of carbonyl (C=O) groups excluding carboxylic acids is 1. The van der Waals surface area contributed by atoms with E-state index in [1.165, 1.54) is 6.42 Å². The lowest BCUT2D eigenvalue weighted by Crippen LogP contribution is -2.39. The van der Waals surface area contributed by atoms with Crippen LogP contribution in [-0.2, 0) is 9.53 Å². The maximum Gasteiger partial charge on any atom is 0.234 e. The molecule has 0 spiro atoms. The molecule has 0 radical (unpaired) electrons. The molecule has 104 valence electrons. The van der Waals surface area contributed by atoms with Crippen molar-refractivity contribution in [1.29, 1.82) is 0 Å². The van der Waals surface area contributed by atoms with Gasteiger partial charge >= 0.3 is 0 Å². The first-order valence-corrected chi connectivity index (χ1v) is 7.16. The van der Waals surface area contributed by atoms with Gasteiger partial charge in [0.2, 0.25) is 5.91 Å². The van der Waals surface area contributed by atoms with Gasteiger partial charge in [-0.15, -0.1) is 0 Å². The summed E-state index contributed by atoms with van der Waals surface area (Å²) in [6, 6.07) is 0. The van der Waals surface area contributed by atoms with Gasteiger partial charge in [-0.3, -0.25) is 9.69 Å². The van der Waals surface area contributed by atoms with Crippen molar-refractivity contribution in [2.45, 2.75) is 31.8 Å². The van der Waals surface area contributed by atoms with Gasteiger partial charge in [-0.05, 0) is 38.8 Å². The molecule has 2 N–H and O–H groups in total. The van der Waals surface area contributed by atoms with Crippen LogP contribution in [0.3, 0.4) is 0 Å². The highest BCUT2D eigenvalue weighted by Gasteiger charge is 2.16. The van der Waals surface area contributed by atoms with E-state index in [0.717, 1.165) is 58.6 Å². The summed E-state index contributed by atoms with van der Waals surface area (Å²) >= 11 is 0. The molecule has 2 fully saturated rings. The fraction of sp³-hybridized carbons (Fsp3) is 0.923. The summed E-state index contributed by atoms with van der Waals surface area (Å²) in [5.41, 5.74) is 0. The lowest BCUT2D eigenvalue weighted by atomic mass is 10.2. The molecule has 2 aliphatic heterocycles. The van der Waals surface area contributed by atoms with Gasteiger partial charge < -0.3 is 15.4 Å². The van der Waals surface area contributed by atoms with Crippen LogP contribution in [0.15, 0.2) is 0 Å². The molecule has 5 heteroatoms. The smallest absolute Gasteiger partial charge is 0.234 e. The van der Waals surface area contributed by atoms with Crippen molar-refractivity contribution in [2.75, 3.05) is 45.9 Å². The minimum Gasteiger partial charge on any atom is -0.378 e. The van der Waals surface area contributed by atoms with Gasteiger partial charge in [0.15, 0.2) is 0 Å². The third kappa shape index (κ3) is 4.92. The van der Waals surface area contributed by atoms with Gasteiger partial charge in [-0.25, -0.2) is 0 Å². The van der Waals surface area contributed by atoms with E-state index in [9.17, 15) is 4.79 Å². The molecule has 2 heterocycles. The fourth-order valence-corrected chi connectivity index (χ4v) is 2.56. The van der Waals surface area contributed by atoms with E-state index in [0.29, 0.717) is 12.6 Å². The highest BCUT2D eigenvalue weighted by Crippen LogP contribution is 2.14. The number of hydrogen-bond donors (Lipinski definition) is 2. The van der Waals surface area contributed by atoms with Crippen LogP contribution in [0.4, 0.5) is 0 Å². The van der Waals surface area contributed by atoms with Crippen LogP contribution in [0, 0.1) is 0 Å². The van der Waals surface area contributed by atoms with Gasteiger partial charge in [0.1, 0.15) is 0 Å². The first-order chi connectivity index (χ1) is 8.84. The molecule has 1 unspecified atom stereocenters. The molecule has 5 nitrogen and oxygen atoms in total. The number of nitrogens with one attached hydrogen (secondary N) is 2. The summed E-state index contributed by atoms with van der Waals surface area (Å²) in [6.07, 6.45) is 4.76. The highest BCUT2D eigenvalue weighted by atomic mass is 16.5. The molecule has 0 aromatic heterocycles. The molecule has 2 rings (SSSR count). The van der Waals surface area contributed by atoms with Crippen molar-refractivity contribution >= 4 is 5.91 Å². The highest BCUT2D eigenvalue weighted by molar-refractivity contribution is 5.77. The van der Waals surface area contributed by atoms with Gasteiger partial charge in [-0.1, -0.05) is 0 Å². The Kier molecular flexibility index (Phi) is 5.90. The average molecular weight is 255 g/mol. The van der Waals surface area contributed by atoms with E-state index < -0.39 is 0 Å². The molecule has 0 aliphatic carbocycles.